The molecule has 0 radical (unpaired) electrons. The van der Waals surface area contributed by atoms with Crippen molar-refractivity contribution in [2.24, 2.45) is 5.92 Å². The molecule has 0 amide bonds. The SMILES string of the molecule is CCOCC1CCN(CC[S@@](=O)c2ccccc2)CC1. The molecule has 1 aromatic rings. The largest absolute Gasteiger partial charge is 0.381 e. The molecule has 0 aromatic heterocycles. The molecule has 4 heteroatoms. The van der Waals surface area contributed by atoms with Gasteiger partial charge in [-0.2, -0.15) is 0 Å². The monoisotopic (exact) mass is 295 g/mol. The average Bonchev–Trinajstić information content (AvgIpc) is 2.52. The maximum atomic E-state index is 12.2. The Morgan fingerprint density at radius 3 is 2.60 bits per heavy atom. The molecule has 1 aromatic carbocycles. The molecule has 1 aliphatic rings. The van der Waals surface area contributed by atoms with Crippen molar-refractivity contribution in [3.63, 3.8) is 0 Å². The van der Waals surface area contributed by atoms with E-state index >= 15 is 0 Å². The minimum Gasteiger partial charge on any atom is -0.381 e. The van der Waals surface area contributed by atoms with Gasteiger partial charge in [-0.1, -0.05) is 18.2 Å². The third-order valence-corrected chi connectivity index (χ3v) is 5.22. The molecule has 1 aliphatic heterocycles. The summed E-state index contributed by atoms with van der Waals surface area (Å²) in [6, 6.07) is 9.76. The zero-order chi connectivity index (χ0) is 14.2. The Morgan fingerprint density at radius 1 is 1.25 bits per heavy atom. The maximum Gasteiger partial charge on any atom is 0.0542 e. The first-order valence-corrected chi connectivity index (χ1v) is 8.85. The van der Waals surface area contributed by atoms with Crippen molar-refractivity contribution >= 4 is 10.8 Å². The number of hydrogen-bond donors (Lipinski definition) is 0. The number of ether oxygens (including phenoxy) is 1. The molecule has 0 unspecified atom stereocenters. The van der Waals surface area contributed by atoms with E-state index in [0.717, 1.165) is 43.5 Å². The summed E-state index contributed by atoms with van der Waals surface area (Å²) in [5.74, 6) is 1.45. The minimum absolute atomic E-state index is 0.714. The Labute approximate surface area is 124 Å². The van der Waals surface area contributed by atoms with E-state index in [0.29, 0.717) is 5.92 Å². The lowest BCUT2D eigenvalue weighted by Crippen LogP contribution is -2.37. The van der Waals surface area contributed by atoms with Crippen LogP contribution in [0.15, 0.2) is 35.2 Å². The van der Waals surface area contributed by atoms with Crippen LogP contribution in [0.25, 0.3) is 0 Å². The second kappa shape index (κ2) is 8.55. The molecule has 112 valence electrons. The molecule has 0 aliphatic carbocycles. The highest BCUT2D eigenvalue weighted by Gasteiger charge is 2.19. The Hall–Kier alpha value is -0.710. The summed E-state index contributed by atoms with van der Waals surface area (Å²) in [7, 11) is -0.865. The van der Waals surface area contributed by atoms with Crippen LogP contribution in [0.5, 0.6) is 0 Å². The molecule has 1 fully saturated rings. The van der Waals surface area contributed by atoms with Crippen LogP contribution in [-0.4, -0.2) is 47.7 Å². The van der Waals surface area contributed by atoms with Gasteiger partial charge in [0, 0.05) is 30.4 Å². The molecule has 0 bridgehead atoms. The van der Waals surface area contributed by atoms with E-state index in [-0.39, 0.29) is 0 Å². The van der Waals surface area contributed by atoms with Crippen LogP contribution in [0, 0.1) is 5.92 Å². The summed E-state index contributed by atoms with van der Waals surface area (Å²) >= 11 is 0. The van der Waals surface area contributed by atoms with Gasteiger partial charge in [0.15, 0.2) is 0 Å². The van der Waals surface area contributed by atoms with Crippen molar-refractivity contribution < 1.29 is 8.95 Å². The van der Waals surface area contributed by atoms with Crippen molar-refractivity contribution in [1.82, 2.24) is 4.90 Å². The summed E-state index contributed by atoms with van der Waals surface area (Å²) < 4.78 is 17.7. The summed E-state index contributed by atoms with van der Waals surface area (Å²) in [6.45, 7) is 6.93. The first-order valence-electron chi connectivity index (χ1n) is 7.53. The van der Waals surface area contributed by atoms with E-state index < -0.39 is 10.8 Å². The number of benzene rings is 1. The molecule has 1 heterocycles. The first kappa shape index (κ1) is 15.7. The molecule has 3 nitrogen and oxygen atoms in total. The number of likely N-dealkylation sites (tertiary alicyclic amines) is 1. The molecule has 0 saturated carbocycles. The Bertz CT molecular complexity index is 402. The zero-order valence-electron chi connectivity index (χ0n) is 12.3. The number of piperidine rings is 1. The van der Waals surface area contributed by atoms with Crippen molar-refractivity contribution in [1.29, 1.82) is 0 Å². The van der Waals surface area contributed by atoms with E-state index in [9.17, 15) is 4.21 Å². The van der Waals surface area contributed by atoms with Crippen molar-refractivity contribution in [2.45, 2.75) is 24.7 Å². The van der Waals surface area contributed by atoms with Crippen molar-refractivity contribution in [2.75, 3.05) is 38.6 Å². The minimum atomic E-state index is -0.865. The fourth-order valence-corrected chi connectivity index (χ4v) is 3.68. The normalized spacial score (nSPS) is 19.1. The third kappa shape index (κ3) is 5.00. The van der Waals surface area contributed by atoms with Gasteiger partial charge < -0.3 is 9.64 Å². The number of nitrogens with zero attached hydrogens (tertiary/aromatic N) is 1. The van der Waals surface area contributed by atoms with Crippen LogP contribution < -0.4 is 0 Å². The zero-order valence-corrected chi connectivity index (χ0v) is 13.1. The van der Waals surface area contributed by atoms with Crippen LogP contribution in [0.3, 0.4) is 0 Å². The Balaban J connectivity index is 1.67. The van der Waals surface area contributed by atoms with Gasteiger partial charge in [0.1, 0.15) is 0 Å². The fraction of sp³-hybridized carbons (Fsp3) is 0.625. The van der Waals surface area contributed by atoms with Gasteiger partial charge in [-0.05, 0) is 50.9 Å². The Kier molecular flexibility index (Phi) is 6.70. The van der Waals surface area contributed by atoms with E-state index in [2.05, 4.69) is 4.90 Å². The highest BCUT2D eigenvalue weighted by atomic mass is 32.2. The second-order valence-corrected chi connectivity index (χ2v) is 6.88. The smallest absolute Gasteiger partial charge is 0.0542 e. The Morgan fingerprint density at radius 2 is 1.95 bits per heavy atom. The maximum absolute atomic E-state index is 12.2. The molecular weight excluding hydrogens is 270 g/mol. The molecular formula is C16H25NO2S. The summed E-state index contributed by atoms with van der Waals surface area (Å²) in [4.78, 5) is 3.38. The van der Waals surface area contributed by atoms with Crippen molar-refractivity contribution in [3.8, 4) is 0 Å². The summed E-state index contributed by atoms with van der Waals surface area (Å²) in [5.41, 5.74) is 0. The van der Waals surface area contributed by atoms with Gasteiger partial charge in [-0.25, -0.2) is 0 Å². The van der Waals surface area contributed by atoms with Crippen LogP contribution in [-0.2, 0) is 15.5 Å². The first-order chi connectivity index (χ1) is 9.79. The summed E-state index contributed by atoms with van der Waals surface area (Å²) in [5, 5.41) is 0. The van der Waals surface area contributed by atoms with Crippen LogP contribution in [0.2, 0.25) is 0 Å². The highest BCUT2D eigenvalue weighted by molar-refractivity contribution is 7.85. The van der Waals surface area contributed by atoms with Gasteiger partial charge in [0.2, 0.25) is 0 Å². The molecule has 0 N–H and O–H groups in total. The van der Waals surface area contributed by atoms with Gasteiger partial charge in [0.25, 0.3) is 0 Å². The van der Waals surface area contributed by atoms with Gasteiger partial charge in [-0.3, -0.25) is 4.21 Å². The summed E-state index contributed by atoms with van der Waals surface area (Å²) in [6.07, 6.45) is 2.41. The number of hydrogen-bond acceptors (Lipinski definition) is 3. The lowest BCUT2D eigenvalue weighted by atomic mass is 9.98. The van der Waals surface area contributed by atoms with E-state index in [1.165, 1.54) is 12.8 Å². The van der Waals surface area contributed by atoms with Crippen LogP contribution in [0.1, 0.15) is 19.8 Å². The van der Waals surface area contributed by atoms with Gasteiger partial charge in [0.05, 0.1) is 10.8 Å². The number of rotatable bonds is 7. The van der Waals surface area contributed by atoms with E-state index in [1.807, 2.05) is 37.3 Å². The second-order valence-electron chi connectivity index (χ2n) is 5.31. The predicted octanol–water partition coefficient (Wildman–Crippen LogP) is 2.54. The van der Waals surface area contributed by atoms with E-state index in [4.69, 9.17) is 4.74 Å². The van der Waals surface area contributed by atoms with Crippen molar-refractivity contribution in [3.05, 3.63) is 30.3 Å². The molecule has 1 atom stereocenters. The molecule has 0 spiro atoms. The topological polar surface area (TPSA) is 29.5 Å². The van der Waals surface area contributed by atoms with Gasteiger partial charge >= 0.3 is 0 Å². The lowest BCUT2D eigenvalue weighted by molar-refractivity contribution is 0.0758. The predicted molar refractivity (Wildman–Crippen MR) is 83.4 cm³/mol. The van der Waals surface area contributed by atoms with Crippen LogP contribution >= 0.6 is 0 Å². The van der Waals surface area contributed by atoms with E-state index in [1.54, 1.807) is 0 Å². The molecule has 2 rings (SSSR count). The highest BCUT2D eigenvalue weighted by Crippen LogP contribution is 2.17. The molecule has 1 saturated heterocycles. The van der Waals surface area contributed by atoms with Gasteiger partial charge in [-0.15, -0.1) is 0 Å². The van der Waals surface area contributed by atoms with Crippen LogP contribution in [0.4, 0.5) is 0 Å². The lowest BCUT2D eigenvalue weighted by Gasteiger charge is -2.31. The average molecular weight is 295 g/mol. The molecule has 20 heavy (non-hydrogen) atoms. The third-order valence-electron chi connectivity index (χ3n) is 3.86. The standard InChI is InChI=1S/C16H25NO2S/c1-2-19-14-15-8-10-17(11-9-15)12-13-20(18)16-6-4-3-5-7-16/h3-7,15H,2,8-14H2,1H3/t20-/m1/s1. The fourth-order valence-electron chi connectivity index (χ4n) is 2.56. The quantitative estimate of drug-likeness (QED) is 0.774.